The normalized spacial score (nSPS) is 25.0. The number of hydrogen-bond acceptors (Lipinski definition) is 3. The molecule has 1 aromatic rings. The quantitative estimate of drug-likeness (QED) is 0.848. The Morgan fingerprint density at radius 3 is 2.50 bits per heavy atom. The van der Waals surface area contributed by atoms with E-state index in [1.54, 1.807) is 0 Å². The van der Waals surface area contributed by atoms with Crippen LogP contribution in [0.3, 0.4) is 0 Å². The highest BCUT2D eigenvalue weighted by molar-refractivity contribution is 6.31. The molecule has 3 atom stereocenters. The average Bonchev–Trinajstić information content (AvgIpc) is 2.79. The minimum Gasteiger partial charge on any atom is -0.480 e. The number of rotatable bonds is 3. The predicted molar refractivity (Wildman–Crippen MR) is 84.0 cm³/mol. The Bertz CT molecular complexity index is 629. The molecule has 1 aromatic heterocycles. The molecule has 1 fully saturated rings. The van der Waals surface area contributed by atoms with Gasteiger partial charge in [-0.2, -0.15) is 13.2 Å². The maximum atomic E-state index is 12.7. The molecule has 0 radical (unpaired) electrons. The zero-order valence-corrected chi connectivity index (χ0v) is 14.4. The lowest BCUT2D eigenvalue weighted by molar-refractivity contribution is -0.141. The second-order valence-corrected chi connectivity index (χ2v) is 7.77. The molecule has 0 saturated carbocycles. The van der Waals surface area contributed by atoms with Crippen LogP contribution in [0.2, 0.25) is 5.02 Å². The summed E-state index contributed by atoms with van der Waals surface area (Å²) in [6.07, 6.45) is -2.51. The van der Waals surface area contributed by atoms with Gasteiger partial charge in [-0.25, -0.2) is 0 Å². The molecular formula is C16H20ClF3N2O2. The smallest absolute Gasteiger partial charge is 0.433 e. The van der Waals surface area contributed by atoms with Gasteiger partial charge in [-0.15, -0.1) is 0 Å². The number of hydrogen-bond donors (Lipinski definition) is 2. The van der Waals surface area contributed by atoms with E-state index in [9.17, 15) is 23.1 Å². The first-order chi connectivity index (χ1) is 10.9. The largest absolute Gasteiger partial charge is 0.480 e. The van der Waals surface area contributed by atoms with Crippen molar-refractivity contribution in [2.75, 3.05) is 0 Å². The Hall–Kier alpha value is -1.34. The maximum absolute atomic E-state index is 12.7. The second-order valence-electron chi connectivity index (χ2n) is 7.36. The summed E-state index contributed by atoms with van der Waals surface area (Å²) in [5, 5.41) is 12.3. The summed E-state index contributed by atoms with van der Waals surface area (Å²) < 4.78 is 38.2. The van der Waals surface area contributed by atoms with E-state index in [0.29, 0.717) is 12.0 Å². The molecule has 1 aliphatic heterocycles. The SMILES string of the molecule is CC(C)(C)CC1NC(C(=O)O)CC1c1cnc(C(F)(F)F)cc1Cl. The molecule has 0 amide bonds. The first kappa shape index (κ1) is 19.0. The topological polar surface area (TPSA) is 62.2 Å². The second kappa shape index (κ2) is 6.52. The van der Waals surface area contributed by atoms with Crippen LogP contribution < -0.4 is 5.32 Å². The Morgan fingerprint density at radius 2 is 2.04 bits per heavy atom. The average molecular weight is 365 g/mol. The fourth-order valence-corrected chi connectivity index (χ4v) is 3.40. The zero-order valence-electron chi connectivity index (χ0n) is 13.6. The van der Waals surface area contributed by atoms with Gasteiger partial charge < -0.3 is 10.4 Å². The number of nitrogens with zero attached hydrogens (tertiary/aromatic N) is 1. The van der Waals surface area contributed by atoms with Gasteiger partial charge in [0.25, 0.3) is 0 Å². The van der Waals surface area contributed by atoms with E-state index in [1.165, 1.54) is 0 Å². The molecule has 0 aliphatic carbocycles. The third-order valence-corrected chi connectivity index (χ3v) is 4.42. The van der Waals surface area contributed by atoms with E-state index in [1.807, 2.05) is 20.8 Å². The minimum absolute atomic E-state index is 0.0333. The van der Waals surface area contributed by atoms with Gasteiger partial charge >= 0.3 is 12.1 Å². The molecular weight excluding hydrogens is 345 g/mol. The van der Waals surface area contributed by atoms with Crippen LogP contribution in [-0.4, -0.2) is 28.1 Å². The van der Waals surface area contributed by atoms with Crippen molar-refractivity contribution >= 4 is 17.6 Å². The Balaban J connectivity index is 2.34. The van der Waals surface area contributed by atoms with Gasteiger partial charge in [-0.05, 0) is 29.9 Å². The van der Waals surface area contributed by atoms with Crippen molar-refractivity contribution in [2.24, 2.45) is 5.41 Å². The fourth-order valence-electron chi connectivity index (χ4n) is 3.11. The van der Waals surface area contributed by atoms with Crippen molar-refractivity contribution in [2.45, 2.75) is 57.8 Å². The van der Waals surface area contributed by atoms with E-state index < -0.39 is 23.9 Å². The summed E-state index contributed by atoms with van der Waals surface area (Å²) in [6, 6.07) is -0.137. The molecule has 2 rings (SSSR count). The number of aliphatic carboxylic acids is 1. The molecule has 3 unspecified atom stereocenters. The van der Waals surface area contributed by atoms with Gasteiger partial charge in [-0.3, -0.25) is 9.78 Å². The van der Waals surface area contributed by atoms with Crippen molar-refractivity contribution in [3.63, 3.8) is 0 Å². The third-order valence-electron chi connectivity index (χ3n) is 4.09. The molecule has 0 bridgehead atoms. The summed E-state index contributed by atoms with van der Waals surface area (Å²) in [6.45, 7) is 6.06. The molecule has 0 aromatic carbocycles. The van der Waals surface area contributed by atoms with E-state index in [-0.39, 0.29) is 28.8 Å². The summed E-state index contributed by atoms with van der Waals surface area (Å²) in [4.78, 5) is 14.8. The maximum Gasteiger partial charge on any atom is 0.433 e. The molecule has 4 nitrogen and oxygen atoms in total. The number of nitrogens with one attached hydrogen (secondary N) is 1. The molecule has 1 aliphatic rings. The van der Waals surface area contributed by atoms with Crippen LogP contribution >= 0.6 is 11.6 Å². The highest BCUT2D eigenvalue weighted by Gasteiger charge is 2.41. The number of aromatic nitrogens is 1. The minimum atomic E-state index is -4.56. The Kier molecular flexibility index (Phi) is 5.16. The first-order valence-electron chi connectivity index (χ1n) is 7.60. The van der Waals surface area contributed by atoms with Gasteiger partial charge in [0.1, 0.15) is 11.7 Å². The van der Waals surface area contributed by atoms with Crippen LogP contribution in [0.25, 0.3) is 0 Å². The van der Waals surface area contributed by atoms with Gasteiger partial charge in [0.2, 0.25) is 0 Å². The van der Waals surface area contributed by atoms with Crippen LogP contribution in [0.5, 0.6) is 0 Å². The molecule has 1 saturated heterocycles. The number of alkyl halides is 3. The lowest BCUT2D eigenvalue weighted by Gasteiger charge is -2.28. The number of halogens is 4. The number of carboxylic acid groups (broad SMARTS) is 1. The van der Waals surface area contributed by atoms with E-state index in [4.69, 9.17) is 11.6 Å². The molecule has 0 spiro atoms. The van der Waals surface area contributed by atoms with E-state index >= 15 is 0 Å². The highest BCUT2D eigenvalue weighted by Crippen LogP contribution is 2.40. The van der Waals surface area contributed by atoms with Gasteiger partial charge in [0.05, 0.1) is 0 Å². The van der Waals surface area contributed by atoms with Crippen LogP contribution in [0, 0.1) is 5.41 Å². The molecule has 24 heavy (non-hydrogen) atoms. The summed E-state index contributed by atoms with van der Waals surface area (Å²) >= 11 is 6.06. The highest BCUT2D eigenvalue weighted by atomic mass is 35.5. The first-order valence-corrected chi connectivity index (χ1v) is 7.98. The van der Waals surface area contributed by atoms with Gasteiger partial charge in [-0.1, -0.05) is 32.4 Å². The van der Waals surface area contributed by atoms with Crippen molar-refractivity contribution < 1.29 is 23.1 Å². The summed E-state index contributed by atoms with van der Waals surface area (Å²) in [5.74, 6) is -1.28. The molecule has 8 heteroatoms. The Morgan fingerprint density at radius 1 is 1.42 bits per heavy atom. The lowest BCUT2D eigenvalue weighted by Crippen LogP contribution is -2.38. The number of carboxylic acids is 1. The van der Waals surface area contributed by atoms with Crippen LogP contribution in [-0.2, 0) is 11.0 Å². The van der Waals surface area contributed by atoms with Crippen molar-refractivity contribution in [1.82, 2.24) is 10.3 Å². The van der Waals surface area contributed by atoms with Crippen LogP contribution in [0.15, 0.2) is 12.3 Å². The lowest BCUT2D eigenvalue weighted by atomic mass is 9.81. The molecule has 134 valence electrons. The standard InChI is InChI=1S/C16H20ClF3N2O2/c1-15(2,3)6-12-8(4-11(22-12)14(23)24)9-7-21-13(5-10(9)17)16(18,19)20/h5,7-8,11-12,22H,4,6H2,1-3H3,(H,23,24). The van der Waals surface area contributed by atoms with E-state index in [0.717, 1.165) is 12.3 Å². The van der Waals surface area contributed by atoms with Crippen molar-refractivity contribution in [1.29, 1.82) is 0 Å². The third kappa shape index (κ3) is 4.39. The fraction of sp³-hybridized carbons (Fsp3) is 0.625. The van der Waals surface area contributed by atoms with Gasteiger partial charge in [0, 0.05) is 23.2 Å². The molecule has 2 heterocycles. The molecule has 2 N–H and O–H groups in total. The number of carbonyl (C=O) groups is 1. The van der Waals surface area contributed by atoms with Gasteiger partial charge in [0.15, 0.2) is 0 Å². The van der Waals surface area contributed by atoms with Crippen LogP contribution in [0.1, 0.15) is 50.8 Å². The van der Waals surface area contributed by atoms with Crippen LogP contribution in [0.4, 0.5) is 13.2 Å². The van der Waals surface area contributed by atoms with E-state index in [2.05, 4.69) is 10.3 Å². The Labute approximate surface area is 143 Å². The zero-order chi connectivity index (χ0) is 18.3. The monoisotopic (exact) mass is 364 g/mol. The van der Waals surface area contributed by atoms with Crippen molar-refractivity contribution in [3.05, 3.63) is 28.5 Å². The number of pyridine rings is 1. The summed E-state index contributed by atoms with van der Waals surface area (Å²) in [5.41, 5.74) is -0.672. The summed E-state index contributed by atoms with van der Waals surface area (Å²) in [7, 11) is 0. The van der Waals surface area contributed by atoms with Crippen molar-refractivity contribution in [3.8, 4) is 0 Å². The predicted octanol–water partition coefficient (Wildman–Crippen LogP) is 4.09.